The topological polar surface area (TPSA) is 116 Å². The average molecular weight is 283 g/mol. The molecule has 1 amide bonds. The van der Waals surface area contributed by atoms with E-state index < -0.39 is 18.2 Å². The molecule has 2 unspecified atom stereocenters. The molecule has 1 aromatic rings. The fourth-order valence-corrected chi connectivity index (χ4v) is 1.76. The summed E-state index contributed by atoms with van der Waals surface area (Å²) in [6.07, 6.45) is -2.79. The molecule has 0 bridgehead atoms. The molecule has 0 saturated carbocycles. The Labute approximate surface area is 115 Å². The van der Waals surface area contributed by atoms with Crippen LogP contribution in [0.25, 0.3) is 0 Å². The van der Waals surface area contributed by atoms with Gasteiger partial charge in [-0.1, -0.05) is 12.1 Å². The summed E-state index contributed by atoms with van der Waals surface area (Å²) in [6, 6.07) is 4.34. The third kappa shape index (κ3) is 3.69. The number of hydrogen-bond donors (Lipinski definition) is 4. The van der Waals surface area contributed by atoms with E-state index in [-0.39, 0.29) is 29.3 Å². The second-order valence-electron chi connectivity index (χ2n) is 4.18. The van der Waals surface area contributed by atoms with Gasteiger partial charge >= 0.3 is 5.97 Å². The van der Waals surface area contributed by atoms with Crippen molar-refractivity contribution in [1.29, 1.82) is 0 Å². The highest BCUT2D eigenvalue weighted by Crippen LogP contribution is 2.28. The summed E-state index contributed by atoms with van der Waals surface area (Å²) in [7, 11) is 1.31. The van der Waals surface area contributed by atoms with Crippen LogP contribution < -0.4 is 10.1 Å². The number of aliphatic hydroxyl groups is 2. The van der Waals surface area contributed by atoms with Crippen molar-refractivity contribution >= 4 is 11.9 Å². The third-order valence-electron chi connectivity index (χ3n) is 2.74. The van der Waals surface area contributed by atoms with Gasteiger partial charge in [-0.3, -0.25) is 4.79 Å². The summed E-state index contributed by atoms with van der Waals surface area (Å²) in [6.45, 7) is 1.08. The van der Waals surface area contributed by atoms with Crippen molar-refractivity contribution < 1.29 is 29.6 Å². The minimum Gasteiger partial charge on any atom is -0.496 e. The van der Waals surface area contributed by atoms with Gasteiger partial charge in [0.1, 0.15) is 23.5 Å². The monoisotopic (exact) mass is 283 g/mol. The summed E-state index contributed by atoms with van der Waals surface area (Å²) in [5.74, 6) is -1.55. The lowest BCUT2D eigenvalue weighted by molar-refractivity contribution is -0.119. The second-order valence-corrected chi connectivity index (χ2v) is 4.18. The molecule has 2 atom stereocenters. The van der Waals surface area contributed by atoms with Crippen LogP contribution in [-0.2, 0) is 4.79 Å². The van der Waals surface area contributed by atoms with Crippen molar-refractivity contribution in [2.24, 2.45) is 0 Å². The van der Waals surface area contributed by atoms with E-state index in [9.17, 15) is 24.9 Å². The molecule has 0 aromatic heterocycles. The summed E-state index contributed by atoms with van der Waals surface area (Å²) in [4.78, 5) is 22.0. The smallest absolute Gasteiger partial charge is 0.339 e. The average Bonchev–Trinajstić information content (AvgIpc) is 2.42. The molecule has 20 heavy (non-hydrogen) atoms. The van der Waals surface area contributed by atoms with E-state index in [1.807, 2.05) is 0 Å². The Bertz CT molecular complexity index is 502. The molecule has 7 heteroatoms. The maximum absolute atomic E-state index is 11.3. The van der Waals surface area contributed by atoms with Gasteiger partial charge < -0.3 is 25.4 Å². The van der Waals surface area contributed by atoms with Crippen LogP contribution in [0.1, 0.15) is 28.9 Å². The number of amides is 1. The number of carbonyl (C=O) groups is 2. The molecule has 0 spiro atoms. The molecule has 4 N–H and O–H groups in total. The van der Waals surface area contributed by atoms with E-state index in [0.717, 1.165) is 0 Å². The molecule has 0 aliphatic heterocycles. The standard InChI is InChI=1S/C13H17NO6/c1-7(15)14-6-9(16)12(17)8-4-3-5-10(20-2)11(8)13(18)19/h3-5,9,12,16-17H,6H2,1-2H3,(H,14,15)(H,18,19). The first kappa shape index (κ1) is 15.9. The SMILES string of the molecule is COc1cccc(C(O)C(O)CNC(C)=O)c1C(=O)O. The maximum Gasteiger partial charge on any atom is 0.339 e. The number of aromatic carboxylic acids is 1. The predicted molar refractivity (Wildman–Crippen MR) is 69.6 cm³/mol. The first-order valence-corrected chi connectivity index (χ1v) is 5.89. The first-order chi connectivity index (χ1) is 9.38. The van der Waals surface area contributed by atoms with Gasteiger partial charge in [0.15, 0.2) is 0 Å². The van der Waals surface area contributed by atoms with Crippen LogP contribution in [0.15, 0.2) is 18.2 Å². The van der Waals surface area contributed by atoms with Gasteiger partial charge in [-0.15, -0.1) is 0 Å². The van der Waals surface area contributed by atoms with Gasteiger partial charge in [0.25, 0.3) is 0 Å². The number of carbonyl (C=O) groups excluding carboxylic acids is 1. The number of ether oxygens (including phenoxy) is 1. The van der Waals surface area contributed by atoms with Crippen LogP contribution in [0.5, 0.6) is 5.75 Å². The van der Waals surface area contributed by atoms with Crippen molar-refractivity contribution in [3.05, 3.63) is 29.3 Å². The molecule has 0 saturated heterocycles. The summed E-state index contributed by atoms with van der Waals surface area (Å²) >= 11 is 0. The normalized spacial score (nSPS) is 13.4. The van der Waals surface area contributed by atoms with E-state index in [4.69, 9.17) is 4.74 Å². The fraction of sp³-hybridized carbons (Fsp3) is 0.385. The van der Waals surface area contributed by atoms with Crippen molar-refractivity contribution in [3.63, 3.8) is 0 Å². The van der Waals surface area contributed by atoms with E-state index in [0.29, 0.717) is 0 Å². The van der Waals surface area contributed by atoms with Gasteiger partial charge in [0.05, 0.1) is 7.11 Å². The van der Waals surface area contributed by atoms with Crippen LogP contribution in [0.4, 0.5) is 0 Å². The zero-order valence-electron chi connectivity index (χ0n) is 11.2. The van der Waals surface area contributed by atoms with Crippen LogP contribution in [0, 0.1) is 0 Å². The molecule has 0 heterocycles. The quantitative estimate of drug-likeness (QED) is 0.580. The van der Waals surface area contributed by atoms with Crippen molar-refractivity contribution in [1.82, 2.24) is 5.32 Å². The molecule has 1 rings (SSSR count). The lowest BCUT2D eigenvalue weighted by Gasteiger charge is -2.20. The number of rotatable bonds is 6. The van der Waals surface area contributed by atoms with Gasteiger partial charge in [-0.2, -0.15) is 0 Å². The molecule has 0 aliphatic carbocycles. The molecule has 110 valence electrons. The van der Waals surface area contributed by atoms with Crippen LogP contribution >= 0.6 is 0 Å². The number of aliphatic hydroxyl groups excluding tert-OH is 2. The van der Waals surface area contributed by atoms with Crippen molar-refractivity contribution in [3.8, 4) is 5.75 Å². The Kier molecular flexibility index (Phi) is 5.48. The zero-order chi connectivity index (χ0) is 15.3. The van der Waals surface area contributed by atoms with Gasteiger partial charge in [0, 0.05) is 19.0 Å². The van der Waals surface area contributed by atoms with Gasteiger partial charge in [-0.05, 0) is 6.07 Å². The maximum atomic E-state index is 11.3. The number of carboxylic acids is 1. The summed E-state index contributed by atoms with van der Waals surface area (Å²) in [5.41, 5.74) is -0.195. The van der Waals surface area contributed by atoms with E-state index in [1.165, 1.54) is 32.2 Å². The lowest BCUT2D eigenvalue weighted by Crippen LogP contribution is -2.34. The molecule has 0 fully saturated rings. The number of benzene rings is 1. The number of methoxy groups -OCH3 is 1. The van der Waals surface area contributed by atoms with E-state index >= 15 is 0 Å². The predicted octanol–water partition coefficient (Wildman–Crippen LogP) is -0.0762. The Balaban J connectivity index is 3.05. The molecule has 7 nitrogen and oxygen atoms in total. The molecule has 0 aliphatic rings. The van der Waals surface area contributed by atoms with Crippen molar-refractivity contribution in [2.75, 3.05) is 13.7 Å². The molecular weight excluding hydrogens is 266 g/mol. The number of carboxylic acid groups (broad SMARTS) is 1. The zero-order valence-corrected chi connectivity index (χ0v) is 11.2. The highest BCUT2D eigenvalue weighted by atomic mass is 16.5. The molecule has 1 aromatic carbocycles. The van der Waals surface area contributed by atoms with Crippen molar-refractivity contribution in [2.45, 2.75) is 19.1 Å². The Hall–Kier alpha value is -2.12. The third-order valence-corrected chi connectivity index (χ3v) is 2.74. The van der Waals surface area contributed by atoms with Gasteiger partial charge in [0.2, 0.25) is 5.91 Å². The van der Waals surface area contributed by atoms with Crippen LogP contribution in [0.2, 0.25) is 0 Å². The highest BCUT2D eigenvalue weighted by Gasteiger charge is 2.26. The molecular formula is C13H17NO6. The highest BCUT2D eigenvalue weighted by molar-refractivity contribution is 5.92. The number of nitrogens with one attached hydrogen (secondary N) is 1. The lowest BCUT2D eigenvalue weighted by atomic mass is 9.97. The van der Waals surface area contributed by atoms with E-state index in [2.05, 4.69) is 5.32 Å². The fourth-order valence-electron chi connectivity index (χ4n) is 1.76. The van der Waals surface area contributed by atoms with E-state index in [1.54, 1.807) is 0 Å². The minimum absolute atomic E-state index is 0.0229. The van der Waals surface area contributed by atoms with Gasteiger partial charge in [-0.25, -0.2) is 4.79 Å². The van der Waals surface area contributed by atoms with Crippen LogP contribution in [0.3, 0.4) is 0 Å². The Morgan fingerprint density at radius 2 is 2.00 bits per heavy atom. The Morgan fingerprint density at radius 3 is 2.50 bits per heavy atom. The largest absolute Gasteiger partial charge is 0.496 e. The Morgan fingerprint density at radius 1 is 1.35 bits per heavy atom. The minimum atomic E-state index is -1.46. The molecule has 0 radical (unpaired) electrons. The summed E-state index contributed by atoms with van der Waals surface area (Å²) in [5, 5.41) is 31.4. The second kappa shape index (κ2) is 6.88. The summed E-state index contributed by atoms with van der Waals surface area (Å²) < 4.78 is 4.93. The van der Waals surface area contributed by atoms with Crippen LogP contribution in [-0.4, -0.2) is 47.0 Å². The number of hydrogen-bond acceptors (Lipinski definition) is 5. The first-order valence-electron chi connectivity index (χ1n) is 5.89.